The van der Waals surface area contributed by atoms with E-state index in [1.54, 1.807) is 6.20 Å². The maximum Gasteiger partial charge on any atom is 0.239 e. The van der Waals surface area contributed by atoms with Crippen molar-refractivity contribution in [2.24, 2.45) is 0 Å². The molecule has 0 saturated carbocycles. The van der Waals surface area contributed by atoms with Gasteiger partial charge < -0.3 is 4.90 Å². The van der Waals surface area contributed by atoms with Crippen molar-refractivity contribution in [1.82, 2.24) is 14.8 Å². The highest BCUT2D eigenvalue weighted by atomic mass is 16.2. The van der Waals surface area contributed by atoms with Gasteiger partial charge in [0, 0.05) is 38.9 Å². The van der Waals surface area contributed by atoms with E-state index >= 15 is 0 Å². The molecule has 152 valence electrons. The molecule has 4 nitrogen and oxygen atoms in total. The summed E-state index contributed by atoms with van der Waals surface area (Å²) in [6.45, 7) is 11.7. The largest absolute Gasteiger partial charge is 0.342 e. The molecule has 1 aromatic heterocycles. The molecule has 2 aromatic rings. The summed E-state index contributed by atoms with van der Waals surface area (Å²) in [4.78, 5) is 23.0. The fraction of sp³-hybridized carbons (Fsp3) is 0.360. The number of rotatable bonds is 10. The maximum absolute atomic E-state index is 14.0. The Morgan fingerprint density at radius 3 is 2.28 bits per heavy atom. The minimum Gasteiger partial charge on any atom is -0.342 e. The predicted octanol–water partition coefficient (Wildman–Crippen LogP) is 4.05. The molecule has 29 heavy (non-hydrogen) atoms. The Morgan fingerprint density at radius 2 is 1.69 bits per heavy atom. The maximum atomic E-state index is 14.0. The number of benzene rings is 1. The van der Waals surface area contributed by atoms with Crippen LogP contribution in [0.5, 0.6) is 0 Å². The van der Waals surface area contributed by atoms with E-state index in [0.29, 0.717) is 6.42 Å². The van der Waals surface area contributed by atoms with Crippen molar-refractivity contribution in [1.29, 1.82) is 0 Å². The Bertz CT molecular complexity index is 748. The van der Waals surface area contributed by atoms with Crippen LogP contribution >= 0.6 is 0 Å². The van der Waals surface area contributed by atoms with E-state index in [1.807, 2.05) is 53.5 Å². The van der Waals surface area contributed by atoms with Crippen LogP contribution in [0.15, 0.2) is 80.0 Å². The lowest BCUT2D eigenvalue weighted by molar-refractivity contribution is -0.135. The van der Waals surface area contributed by atoms with Crippen molar-refractivity contribution in [3.8, 4) is 0 Å². The summed E-state index contributed by atoms with van der Waals surface area (Å²) in [5, 5.41) is 0. The van der Waals surface area contributed by atoms with E-state index in [9.17, 15) is 4.79 Å². The lowest BCUT2D eigenvalue weighted by Crippen LogP contribution is -2.49. The zero-order chi connectivity index (χ0) is 20.5. The summed E-state index contributed by atoms with van der Waals surface area (Å²) in [5.41, 5.74) is 1.03. The quantitative estimate of drug-likeness (QED) is 0.575. The molecule has 1 saturated heterocycles. The average Bonchev–Trinajstić information content (AvgIpc) is 3.31. The van der Waals surface area contributed by atoms with E-state index in [0.717, 1.165) is 56.8 Å². The second-order valence-electron chi connectivity index (χ2n) is 7.57. The second kappa shape index (κ2) is 10.2. The zero-order valence-electron chi connectivity index (χ0n) is 17.2. The first-order valence-electron chi connectivity index (χ1n) is 10.4. The van der Waals surface area contributed by atoms with Gasteiger partial charge in [-0.3, -0.25) is 14.7 Å². The third-order valence-electron chi connectivity index (χ3n) is 5.70. The molecule has 1 aliphatic heterocycles. The summed E-state index contributed by atoms with van der Waals surface area (Å²) in [6.07, 6.45) is 8.38. The predicted molar refractivity (Wildman–Crippen MR) is 119 cm³/mol. The van der Waals surface area contributed by atoms with Crippen LogP contribution < -0.4 is 0 Å². The van der Waals surface area contributed by atoms with Gasteiger partial charge in [-0.1, -0.05) is 48.6 Å². The van der Waals surface area contributed by atoms with Crippen LogP contribution in [0.3, 0.4) is 0 Å². The van der Waals surface area contributed by atoms with Crippen molar-refractivity contribution >= 4 is 5.91 Å². The molecule has 0 aliphatic carbocycles. The van der Waals surface area contributed by atoms with Gasteiger partial charge in [-0.25, -0.2) is 0 Å². The highest BCUT2D eigenvalue weighted by Gasteiger charge is 2.46. The summed E-state index contributed by atoms with van der Waals surface area (Å²) < 4.78 is 0. The van der Waals surface area contributed by atoms with Crippen LogP contribution in [0.4, 0.5) is 0 Å². The molecule has 3 rings (SSSR count). The van der Waals surface area contributed by atoms with Crippen molar-refractivity contribution in [3.63, 3.8) is 0 Å². The molecule has 1 aliphatic rings. The van der Waals surface area contributed by atoms with Gasteiger partial charge in [0.1, 0.15) is 5.41 Å². The third-order valence-corrected chi connectivity index (χ3v) is 5.70. The molecule has 1 amide bonds. The SMILES string of the molecule is C=CCN(CC=C)CCC(C(=O)N1CCCC1)(c1ccccc1)c1ccccn1. The molecule has 1 atom stereocenters. The number of carbonyl (C=O) groups is 1. The Kier molecular flexibility index (Phi) is 7.36. The highest BCUT2D eigenvalue weighted by Crippen LogP contribution is 2.38. The van der Waals surface area contributed by atoms with Crippen molar-refractivity contribution in [2.75, 3.05) is 32.7 Å². The number of carbonyl (C=O) groups excluding carboxylic acids is 1. The van der Waals surface area contributed by atoms with Gasteiger partial charge in [-0.15, -0.1) is 13.2 Å². The molecule has 1 aromatic carbocycles. The molecule has 4 heteroatoms. The average molecular weight is 390 g/mol. The fourth-order valence-corrected chi connectivity index (χ4v) is 4.24. The van der Waals surface area contributed by atoms with E-state index in [-0.39, 0.29) is 5.91 Å². The molecular formula is C25H31N3O. The number of pyridine rings is 1. The highest BCUT2D eigenvalue weighted by molar-refractivity contribution is 5.92. The fourth-order valence-electron chi connectivity index (χ4n) is 4.24. The number of amides is 1. The molecule has 1 fully saturated rings. The molecule has 0 spiro atoms. The molecule has 0 radical (unpaired) electrons. The van der Waals surface area contributed by atoms with E-state index in [1.165, 1.54) is 0 Å². The van der Waals surface area contributed by atoms with Crippen molar-refractivity contribution < 1.29 is 4.79 Å². The van der Waals surface area contributed by atoms with Crippen LogP contribution in [-0.2, 0) is 10.2 Å². The van der Waals surface area contributed by atoms with Gasteiger partial charge in [0.25, 0.3) is 0 Å². The van der Waals surface area contributed by atoms with Crippen LogP contribution in [0, 0.1) is 0 Å². The molecule has 0 N–H and O–H groups in total. The lowest BCUT2D eigenvalue weighted by atomic mass is 9.73. The summed E-state index contributed by atoms with van der Waals surface area (Å²) in [7, 11) is 0. The topological polar surface area (TPSA) is 36.4 Å². The van der Waals surface area contributed by atoms with Gasteiger partial charge in [-0.2, -0.15) is 0 Å². The monoisotopic (exact) mass is 389 g/mol. The molecule has 2 heterocycles. The van der Waals surface area contributed by atoms with Crippen LogP contribution in [0.25, 0.3) is 0 Å². The Labute approximate surface area is 174 Å². The molecule has 0 bridgehead atoms. The Morgan fingerprint density at radius 1 is 1.03 bits per heavy atom. The van der Waals surface area contributed by atoms with Gasteiger partial charge in [0.05, 0.1) is 5.69 Å². The van der Waals surface area contributed by atoms with Gasteiger partial charge >= 0.3 is 0 Å². The number of hydrogen-bond acceptors (Lipinski definition) is 3. The van der Waals surface area contributed by atoms with E-state index in [2.05, 4.69) is 35.2 Å². The lowest BCUT2D eigenvalue weighted by Gasteiger charge is -2.37. The first-order chi connectivity index (χ1) is 14.2. The summed E-state index contributed by atoms with van der Waals surface area (Å²) in [6, 6.07) is 16.0. The second-order valence-corrected chi connectivity index (χ2v) is 7.57. The van der Waals surface area contributed by atoms with Crippen LogP contribution in [0.1, 0.15) is 30.5 Å². The Hall–Kier alpha value is -2.72. The van der Waals surface area contributed by atoms with Gasteiger partial charge in [-0.05, 0) is 37.0 Å². The number of nitrogens with zero attached hydrogens (tertiary/aromatic N) is 3. The third kappa shape index (κ3) is 4.65. The van der Waals surface area contributed by atoms with Crippen LogP contribution in [-0.4, -0.2) is 53.4 Å². The van der Waals surface area contributed by atoms with E-state index in [4.69, 9.17) is 0 Å². The minimum atomic E-state index is -0.798. The minimum absolute atomic E-state index is 0.164. The van der Waals surface area contributed by atoms with Gasteiger partial charge in [0.15, 0.2) is 0 Å². The summed E-state index contributed by atoms with van der Waals surface area (Å²) >= 11 is 0. The number of hydrogen-bond donors (Lipinski definition) is 0. The number of aromatic nitrogens is 1. The van der Waals surface area contributed by atoms with E-state index < -0.39 is 5.41 Å². The van der Waals surface area contributed by atoms with Crippen molar-refractivity contribution in [2.45, 2.75) is 24.7 Å². The standard InChI is InChI=1S/C25H31N3O/c1-3-17-27(18-4-2)21-15-25(22-12-6-5-7-13-22,23-14-8-9-16-26-23)24(29)28-19-10-11-20-28/h3-9,12-14,16H,1-2,10-11,15,17-21H2. The first-order valence-corrected chi connectivity index (χ1v) is 10.4. The Balaban J connectivity index is 2.07. The van der Waals surface area contributed by atoms with Crippen molar-refractivity contribution in [3.05, 3.63) is 91.3 Å². The van der Waals surface area contributed by atoms with Gasteiger partial charge in [0.2, 0.25) is 5.91 Å². The zero-order valence-corrected chi connectivity index (χ0v) is 17.2. The number of likely N-dealkylation sites (tertiary alicyclic amines) is 1. The molecule has 1 unspecified atom stereocenters. The molecular weight excluding hydrogens is 358 g/mol. The van der Waals surface area contributed by atoms with Crippen LogP contribution in [0.2, 0.25) is 0 Å². The summed E-state index contributed by atoms with van der Waals surface area (Å²) in [5.74, 6) is 0.164. The smallest absolute Gasteiger partial charge is 0.239 e. The normalized spacial score (nSPS) is 15.8. The first kappa shape index (κ1) is 21.0.